The van der Waals surface area contributed by atoms with Crippen LogP contribution >= 0.6 is 11.6 Å². The molecule has 1 unspecified atom stereocenters. The topological polar surface area (TPSA) is 60.9 Å². The highest BCUT2D eigenvalue weighted by atomic mass is 35.5. The Morgan fingerprint density at radius 2 is 1.85 bits per heavy atom. The molecule has 2 fully saturated rings. The third kappa shape index (κ3) is 4.32. The van der Waals surface area contributed by atoms with Gasteiger partial charge in [0.15, 0.2) is 0 Å². The molecule has 0 saturated carbocycles. The van der Waals surface area contributed by atoms with Gasteiger partial charge in [0.25, 0.3) is 0 Å². The number of aryl methyl sites for hydroxylation is 1. The van der Waals surface area contributed by atoms with Crippen molar-refractivity contribution in [2.75, 3.05) is 50.4 Å². The second kappa shape index (κ2) is 7.74. The van der Waals surface area contributed by atoms with Crippen LogP contribution in [0.1, 0.15) is 18.4 Å². The molecule has 26 heavy (non-hydrogen) atoms. The summed E-state index contributed by atoms with van der Waals surface area (Å²) in [6.07, 6.45) is 2.72. The number of benzene rings is 1. The van der Waals surface area contributed by atoms with E-state index in [4.69, 9.17) is 11.6 Å². The Bertz CT molecular complexity index is 776. The van der Waals surface area contributed by atoms with Crippen molar-refractivity contribution in [3.63, 3.8) is 0 Å². The van der Waals surface area contributed by atoms with Gasteiger partial charge in [-0.25, -0.2) is 12.7 Å². The summed E-state index contributed by atoms with van der Waals surface area (Å²) >= 11 is 6.12. The van der Waals surface area contributed by atoms with Crippen LogP contribution in [0.2, 0.25) is 5.02 Å². The standard InChI is InChI=1S/C18H26ClN3O3S/c1-14-5-6-16(19)12-17(14)20-8-10-21(11-9-20)18(23)15-4-3-7-22(13-15)26(2,24)25/h5-6,12,15H,3-4,7-11,13H2,1-2H3. The number of hydrogen-bond acceptors (Lipinski definition) is 4. The fourth-order valence-corrected chi connectivity index (χ4v) is 4.87. The van der Waals surface area contributed by atoms with Crippen molar-refractivity contribution in [2.24, 2.45) is 5.92 Å². The molecular weight excluding hydrogens is 374 g/mol. The number of piperazine rings is 1. The molecule has 1 atom stereocenters. The van der Waals surface area contributed by atoms with E-state index in [0.717, 1.165) is 31.6 Å². The Hall–Kier alpha value is -1.31. The molecule has 8 heteroatoms. The lowest BCUT2D eigenvalue weighted by molar-refractivity contribution is -0.137. The Kier molecular flexibility index (Phi) is 5.79. The van der Waals surface area contributed by atoms with E-state index in [1.807, 2.05) is 23.1 Å². The van der Waals surface area contributed by atoms with Gasteiger partial charge < -0.3 is 9.80 Å². The first-order valence-electron chi connectivity index (χ1n) is 9.01. The van der Waals surface area contributed by atoms with Gasteiger partial charge in [-0.1, -0.05) is 17.7 Å². The summed E-state index contributed by atoms with van der Waals surface area (Å²) in [5.41, 5.74) is 2.29. The molecule has 144 valence electrons. The average Bonchev–Trinajstić information content (AvgIpc) is 2.63. The number of amides is 1. The van der Waals surface area contributed by atoms with E-state index in [1.165, 1.54) is 16.1 Å². The summed E-state index contributed by atoms with van der Waals surface area (Å²) in [7, 11) is -3.23. The van der Waals surface area contributed by atoms with Crippen LogP contribution < -0.4 is 4.90 Å². The lowest BCUT2D eigenvalue weighted by Gasteiger charge is -2.39. The Morgan fingerprint density at radius 3 is 2.50 bits per heavy atom. The maximum Gasteiger partial charge on any atom is 0.227 e. The van der Waals surface area contributed by atoms with Crippen molar-refractivity contribution >= 4 is 33.2 Å². The van der Waals surface area contributed by atoms with Crippen LogP contribution in [0.5, 0.6) is 0 Å². The van der Waals surface area contributed by atoms with Gasteiger partial charge >= 0.3 is 0 Å². The molecule has 2 aliphatic rings. The first kappa shape index (κ1) is 19.5. The number of carbonyl (C=O) groups is 1. The van der Waals surface area contributed by atoms with Gasteiger partial charge in [-0.2, -0.15) is 0 Å². The predicted molar refractivity (Wildman–Crippen MR) is 104 cm³/mol. The summed E-state index contributed by atoms with van der Waals surface area (Å²) in [6, 6.07) is 5.87. The van der Waals surface area contributed by atoms with Gasteiger partial charge in [-0.15, -0.1) is 0 Å². The van der Waals surface area contributed by atoms with E-state index < -0.39 is 10.0 Å². The number of carbonyl (C=O) groups excluding carboxylic acids is 1. The molecule has 1 aromatic rings. The van der Waals surface area contributed by atoms with Crippen LogP contribution in [0, 0.1) is 12.8 Å². The zero-order chi connectivity index (χ0) is 18.9. The molecule has 6 nitrogen and oxygen atoms in total. The molecule has 3 rings (SSSR count). The molecule has 1 amide bonds. The summed E-state index contributed by atoms with van der Waals surface area (Å²) in [5, 5.41) is 0.715. The molecule has 0 aromatic heterocycles. The van der Waals surface area contributed by atoms with Crippen LogP contribution in [0.3, 0.4) is 0 Å². The van der Waals surface area contributed by atoms with Crippen LogP contribution in [0.15, 0.2) is 18.2 Å². The van der Waals surface area contributed by atoms with Crippen molar-refractivity contribution in [1.29, 1.82) is 0 Å². The van der Waals surface area contributed by atoms with Crippen LogP contribution in [-0.2, 0) is 14.8 Å². The van der Waals surface area contributed by atoms with E-state index in [0.29, 0.717) is 31.2 Å². The monoisotopic (exact) mass is 399 g/mol. The van der Waals surface area contributed by atoms with Gasteiger partial charge in [-0.3, -0.25) is 4.79 Å². The lowest BCUT2D eigenvalue weighted by atomic mass is 9.97. The highest BCUT2D eigenvalue weighted by Gasteiger charge is 2.33. The van der Waals surface area contributed by atoms with Crippen molar-refractivity contribution in [1.82, 2.24) is 9.21 Å². The van der Waals surface area contributed by atoms with Crippen molar-refractivity contribution < 1.29 is 13.2 Å². The minimum atomic E-state index is -3.23. The number of nitrogens with zero attached hydrogens (tertiary/aromatic N) is 3. The SMILES string of the molecule is Cc1ccc(Cl)cc1N1CCN(C(=O)C2CCCN(S(C)(=O)=O)C2)CC1. The molecule has 0 bridgehead atoms. The highest BCUT2D eigenvalue weighted by molar-refractivity contribution is 7.88. The zero-order valence-electron chi connectivity index (χ0n) is 15.3. The summed E-state index contributed by atoms with van der Waals surface area (Å²) in [5.74, 6) is -0.140. The number of anilines is 1. The fraction of sp³-hybridized carbons (Fsp3) is 0.611. The first-order chi connectivity index (χ1) is 12.3. The smallest absolute Gasteiger partial charge is 0.227 e. The van der Waals surface area contributed by atoms with E-state index in [9.17, 15) is 13.2 Å². The predicted octanol–water partition coefficient (Wildman–Crippen LogP) is 1.97. The molecule has 0 N–H and O–H groups in total. The Balaban J connectivity index is 1.61. The zero-order valence-corrected chi connectivity index (χ0v) is 16.9. The molecular formula is C18H26ClN3O3S. The number of hydrogen-bond donors (Lipinski definition) is 0. The highest BCUT2D eigenvalue weighted by Crippen LogP contribution is 2.26. The Morgan fingerprint density at radius 1 is 1.15 bits per heavy atom. The Labute approximate surface area is 160 Å². The molecule has 1 aromatic carbocycles. The number of piperidine rings is 1. The normalized spacial score (nSPS) is 22.5. The van der Waals surface area contributed by atoms with E-state index in [2.05, 4.69) is 11.8 Å². The number of rotatable bonds is 3. The van der Waals surface area contributed by atoms with Gasteiger partial charge in [0.05, 0.1) is 12.2 Å². The summed E-state index contributed by atoms with van der Waals surface area (Å²) < 4.78 is 25.0. The van der Waals surface area contributed by atoms with Crippen LogP contribution in [0.25, 0.3) is 0 Å². The van der Waals surface area contributed by atoms with Crippen LogP contribution in [-0.4, -0.2) is 69.1 Å². The van der Waals surface area contributed by atoms with Crippen molar-refractivity contribution in [3.8, 4) is 0 Å². The van der Waals surface area contributed by atoms with Gasteiger partial charge in [-0.05, 0) is 37.5 Å². The van der Waals surface area contributed by atoms with E-state index in [1.54, 1.807) is 0 Å². The van der Waals surface area contributed by atoms with E-state index in [-0.39, 0.29) is 11.8 Å². The second-order valence-electron chi connectivity index (χ2n) is 7.20. The van der Waals surface area contributed by atoms with Crippen molar-refractivity contribution in [2.45, 2.75) is 19.8 Å². The summed E-state index contributed by atoms with van der Waals surface area (Å²) in [6.45, 7) is 5.71. The summed E-state index contributed by atoms with van der Waals surface area (Å²) in [4.78, 5) is 17.0. The third-order valence-electron chi connectivity index (χ3n) is 5.31. The first-order valence-corrected chi connectivity index (χ1v) is 11.2. The third-order valence-corrected chi connectivity index (χ3v) is 6.81. The molecule has 2 saturated heterocycles. The maximum absolute atomic E-state index is 12.9. The maximum atomic E-state index is 12.9. The number of sulfonamides is 1. The van der Waals surface area contributed by atoms with Gasteiger partial charge in [0.2, 0.25) is 15.9 Å². The molecule has 2 heterocycles. The van der Waals surface area contributed by atoms with E-state index >= 15 is 0 Å². The average molecular weight is 400 g/mol. The van der Waals surface area contributed by atoms with Crippen LogP contribution in [0.4, 0.5) is 5.69 Å². The molecule has 2 aliphatic heterocycles. The fourth-order valence-electron chi connectivity index (χ4n) is 3.79. The minimum Gasteiger partial charge on any atom is -0.368 e. The quantitative estimate of drug-likeness (QED) is 0.779. The molecule has 0 radical (unpaired) electrons. The second-order valence-corrected chi connectivity index (χ2v) is 9.62. The molecule has 0 spiro atoms. The van der Waals surface area contributed by atoms with Gasteiger partial charge in [0.1, 0.15) is 0 Å². The number of halogens is 1. The lowest BCUT2D eigenvalue weighted by Crippen LogP contribution is -2.53. The largest absolute Gasteiger partial charge is 0.368 e. The molecule has 0 aliphatic carbocycles. The minimum absolute atomic E-state index is 0.0841. The van der Waals surface area contributed by atoms with Gasteiger partial charge in [0, 0.05) is 50.0 Å². The van der Waals surface area contributed by atoms with Crippen molar-refractivity contribution in [3.05, 3.63) is 28.8 Å².